The zero-order valence-electron chi connectivity index (χ0n) is 10.8. The van der Waals surface area contributed by atoms with Crippen LogP contribution in [0.2, 0.25) is 0 Å². The van der Waals surface area contributed by atoms with Gasteiger partial charge >= 0.3 is 0 Å². The van der Waals surface area contributed by atoms with Crippen molar-refractivity contribution in [3.8, 4) is 0 Å². The number of ether oxygens (including phenoxy) is 1. The lowest BCUT2D eigenvalue weighted by atomic mass is 9.74. The Kier molecular flexibility index (Phi) is 1.93. The molecule has 0 saturated carbocycles. The molecule has 2 fully saturated rings. The van der Waals surface area contributed by atoms with E-state index in [0.717, 1.165) is 6.42 Å². The number of hydroxylamine groups is 2. The molecular weight excluding hydrogens is 218 g/mol. The van der Waals surface area contributed by atoms with Gasteiger partial charge in [0.1, 0.15) is 5.60 Å². The van der Waals surface area contributed by atoms with Crippen molar-refractivity contribution in [1.29, 1.82) is 0 Å². The monoisotopic (exact) mass is 237 g/mol. The second kappa shape index (κ2) is 2.93. The van der Waals surface area contributed by atoms with E-state index in [2.05, 4.69) is 6.92 Å². The smallest absolute Gasteiger partial charge is 0.258 e. The van der Waals surface area contributed by atoms with E-state index >= 15 is 0 Å². The summed E-state index contributed by atoms with van der Waals surface area (Å²) in [5.74, 6) is 0.275. The minimum absolute atomic E-state index is 0.0165. The van der Waals surface area contributed by atoms with E-state index in [1.165, 1.54) is 5.06 Å². The maximum Gasteiger partial charge on any atom is 0.258 e. The van der Waals surface area contributed by atoms with Gasteiger partial charge in [-0.25, -0.2) is 0 Å². The summed E-state index contributed by atoms with van der Waals surface area (Å²) in [6, 6.07) is 0. The highest BCUT2D eigenvalue weighted by Crippen LogP contribution is 2.55. The Balaban J connectivity index is 2.13. The Morgan fingerprint density at radius 3 is 2.76 bits per heavy atom. The Morgan fingerprint density at radius 2 is 2.06 bits per heavy atom. The van der Waals surface area contributed by atoms with E-state index in [1.807, 2.05) is 32.9 Å². The third-order valence-electron chi connectivity index (χ3n) is 4.77. The van der Waals surface area contributed by atoms with E-state index < -0.39 is 16.7 Å². The molecule has 3 atom stereocenters. The van der Waals surface area contributed by atoms with Gasteiger partial charge in [-0.15, -0.1) is 0 Å². The summed E-state index contributed by atoms with van der Waals surface area (Å²) < 4.78 is 6.24. The van der Waals surface area contributed by atoms with E-state index in [9.17, 15) is 4.79 Å². The number of amides is 1. The van der Waals surface area contributed by atoms with Gasteiger partial charge in [0.2, 0.25) is 0 Å². The molecular formula is C13H19NO3. The summed E-state index contributed by atoms with van der Waals surface area (Å²) in [6.07, 6.45) is 4.93. The van der Waals surface area contributed by atoms with Crippen LogP contribution in [-0.2, 0) is 14.4 Å². The van der Waals surface area contributed by atoms with Crippen LogP contribution in [0.3, 0.4) is 0 Å². The Bertz CT molecular complexity index is 417. The van der Waals surface area contributed by atoms with Crippen LogP contribution in [0.25, 0.3) is 0 Å². The fraction of sp³-hybridized carbons (Fsp3) is 0.769. The van der Waals surface area contributed by atoms with Gasteiger partial charge in [0.25, 0.3) is 5.91 Å². The molecule has 0 radical (unpaired) electrons. The Morgan fingerprint density at radius 1 is 1.35 bits per heavy atom. The maximum absolute atomic E-state index is 12.6. The molecule has 1 amide bonds. The van der Waals surface area contributed by atoms with Crippen LogP contribution in [0.4, 0.5) is 0 Å². The van der Waals surface area contributed by atoms with Crippen molar-refractivity contribution in [3.05, 3.63) is 12.2 Å². The predicted molar refractivity (Wildman–Crippen MR) is 61.7 cm³/mol. The number of hydrogen-bond donors (Lipinski definition) is 0. The summed E-state index contributed by atoms with van der Waals surface area (Å²) in [6.45, 7) is 8.50. The first-order valence-electron chi connectivity index (χ1n) is 6.22. The first-order valence-corrected chi connectivity index (χ1v) is 6.22. The van der Waals surface area contributed by atoms with Crippen LogP contribution in [0.15, 0.2) is 12.2 Å². The molecule has 3 heterocycles. The molecule has 94 valence electrons. The van der Waals surface area contributed by atoms with Crippen molar-refractivity contribution >= 4 is 5.91 Å². The van der Waals surface area contributed by atoms with Crippen LogP contribution in [0, 0.1) is 11.3 Å². The van der Waals surface area contributed by atoms with Crippen molar-refractivity contribution in [1.82, 2.24) is 5.06 Å². The third kappa shape index (κ3) is 1.08. The average Bonchev–Trinajstić information content (AvgIpc) is 2.60. The molecule has 4 nitrogen and oxygen atoms in total. The molecule has 0 aromatic rings. The first kappa shape index (κ1) is 11.2. The third-order valence-corrected chi connectivity index (χ3v) is 4.77. The molecule has 1 spiro atoms. The van der Waals surface area contributed by atoms with Gasteiger partial charge in [-0.1, -0.05) is 13.0 Å². The summed E-state index contributed by atoms with van der Waals surface area (Å²) in [5.41, 5.74) is -1.81. The highest BCUT2D eigenvalue weighted by molar-refractivity contribution is 5.85. The molecule has 0 aromatic heterocycles. The van der Waals surface area contributed by atoms with Crippen LogP contribution in [0.5, 0.6) is 0 Å². The summed E-state index contributed by atoms with van der Waals surface area (Å²) in [4.78, 5) is 18.1. The minimum atomic E-state index is -0.681. The first-order chi connectivity index (χ1) is 7.83. The normalized spacial score (nSPS) is 47.2. The van der Waals surface area contributed by atoms with Gasteiger partial charge in [-0.05, 0) is 33.3 Å². The van der Waals surface area contributed by atoms with Crippen molar-refractivity contribution in [3.63, 3.8) is 0 Å². The highest BCUT2D eigenvalue weighted by Gasteiger charge is 2.66. The topological polar surface area (TPSA) is 38.8 Å². The Labute approximate surface area is 102 Å². The van der Waals surface area contributed by atoms with Gasteiger partial charge < -0.3 is 4.74 Å². The van der Waals surface area contributed by atoms with Gasteiger partial charge in [0.05, 0.1) is 12.0 Å². The van der Waals surface area contributed by atoms with Crippen molar-refractivity contribution in [2.45, 2.75) is 45.4 Å². The zero-order valence-corrected chi connectivity index (χ0v) is 10.8. The van der Waals surface area contributed by atoms with Gasteiger partial charge in [-0.3, -0.25) is 9.63 Å². The molecule has 0 aromatic carbocycles. The molecule has 3 aliphatic heterocycles. The molecule has 17 heavy (non-hydrogen) atoms. The van der Waals surface area contributed by atoms with Crippen molar-refractivity contribution < 1.29 is 14.4 Å². The van der Waals surface area contributed by atoms with E-state index in [1.54, 1.807) is 0 Å². The highest BCUT2D eigenvalue weighted by atomic mass is 16.7. The van der Waals surface area contributed by atoms with Gasteiger partial charge in [0.15, 0.2) is 5.72 Å². The number of fused-ring (bicyclic) bond motifs is 1. The molecule has 3 rings (SSSR count). The van der Waals surface area contributed by atoms with Crippen LogP contribution >= 0.6 is 0 Å². The molecule has 4 heteroatoms. The van der Waals surface area contributed by atoms with E-state index in [4.69, 9.17) is 9.57 Å². The van der Waals surface area contributed by atoms with E-state index in [0.29, 0.717) is 6.61 Å². The van der Waals surface area contributed by atoms with Gasteiger partial charge in [0, 0.05) is 5.92 Å². The predicted octanol–water partition coefficient (Wildman–Crippen LogP) is 1.87. The molecule has 1 unspecified atom stereocenters. The number of carbonyl (C=O) groups excluding carboxylic acids is 1. The van der Waals surface area contributed by atoms with Crippen LogP contribution in [-0.4, -0.2) is 28.9 Å². The zero-order chi connectivity index (χ0) is 12.5. The number of carbonyl (C=O) groups is 1. The molecule has 2 saturated heterocycles. The Hall–Kier alpha value is -0.870. The van der Waals surface area contributed by atoms with Crippen molar-refractivity contribution in [2.75, 3.05) is 6.61 Å². The fourth-order valence-electron chi connectivity index (χ4n) is 2.91. The van der Waals surface area contributed by atoms with Crippen LogP contribution in [0.1, 0.15) is 34.1 Å². The lowest BCUT2D eigenvalue weighted by Crippen LogP contribution is -2.69. The fourth-order valence-corrected chi connectivity index (χ4v) is 2.91. The number of nitrogens with zero attached hydrogens (tertiary/aromatic N) is 1. The minimum Gasteiger partial charge on any atom is -0.338 e. The summed E-state index contributed by atoms with van der Waals surface area (Å²) in [7, 11) is 0. The number of rotatable bonds is 0. The average molecular weight is 237 g/mol. The lowest BCUT2D eigenvalue weighted by molar-refractivity contribution is -0.360. The SMILES string of the molecule is CC1CCON2C(=O)C(C)(C)[C@]3(C)C=C[C@]12O3. The van der Waals surface area contributed by atoms with Gasteiger partial charge in [-0.2, -0.15) is 5.06 Å². The molecule has 0 N–H and O–H groups in total. The molecule has 0 aliphatic carbocycles. The molecule has 3 aliphatic rings. The van der Waals surface area contributed by atoms with Crippen molar-refractivity contribution in [2.24, 2.45) is 11.3 Å². The largest absolute Gasteiger partial charge is 0.338 e. The maximum atomic E-state index is 12.6. The summed E-state index contributed by atoms with van der Waals surface area (Å²) >= 11 is 0. The lowest BCUT2D eigenvalue weighted by Gasteiger charge is -2.56. The van der Waals surface area contributed by atoms with Crippen LogP contribution < -0.4 is 0 Å². The summed E-state index contributed by atoms with van der Waals surface area (Å²) in [5, 5.41) is 1.46. The number of hydrogen-bond acceptors (Lipinski definition) is 3. The second-order valence-electron chi connectivity index (χ2n) is 6.04. The molecule has 2 bridgehead atoms. The van der Waals surface area contributed by atoms with E-state index in [-0.39, 0.29) is 11.8 Å². The standard InChI is InChI=1S/C13H19NO3/c1-9-5-8-16-14-10(15)11(2,3)12(4)6-7-13(9,14)17-12/h6-7,9H,5,8H2,1-4H3/t9?,12-,13-/m0/s1. The second-order valence-corrected chi connectivity index (χ2v) is 6.04. The quantitative estimate of drug-likeness (QED) is 0.604.